The standard InChI is InChI=1S/C24H22O6/c1-11-5-15-19(29-3)9-13(23(27)21(15)17(25)7-11)14-10-20(30-4)16-6-12(2)8-18(26)22(16)24(14)28/h5-10,19-20,25-26H,1-4H3/t19-,20-/m1/s1. The summed E-state index contributed by atoms with van der Waals surface area (Å²) in [6.45, 7) is 3.63. The Bertz CT molecular complexity index is 1060. The largest absolute Gasteiger partial charge is 0.507 e. The maximum absolute atomic E-state index is 13.3. The van der Waals surface area contributed by atoms with E-state index in [-0.39, 0.29) is 33.8 Å². The number of fused-ring (bicyclic) bond motifs is 2. The molecule has 4 rings (SSSR count). The van der Waals surface area contributed by atoms with Gasteiger partial charge in [-0.15, -0.1) is 0 Å². The van der Waals surface area contributed by atoms with Crippen LogP contribution in [-0.2, 0) is 9.47 Å². The van der Waals surface area contributed by atoms with Crippen LogP contribution in [0.4, 0.5) is 0 Å². The third-order valence-electron chi connectivity index (χ3n) is 5.58. The number of phenols is 2. The molecule has 2 aliphatic rings. The summed E-state index contributed by atoms with van der Waals surface area (Å²) in [5.74, 6) is -1.26. The van der Waals surface area contributed by atoms with Gasteiger partial charge in [0.1, 0.15) is 23.7 Å². The number of hydrogen-bond acceptors (Lipinski definition) is 6. The van der Waals surface area contributed by atoms with E-state index in [1.54, 1.807) is 24.3 Å². The van der Waals surface area contributed by atoms with Crippen molar-refractivity contribution in [1.82, 2.24) is 0 Å². The van der Waals surface area contributed by atoms with Gasteiger partial charge in [-0.05, 0) is 60.4 Å². The SMILES string of the molecule is CO[C@@H]1C=C(C2=C[C@@H](OC)c3cc(C)cc(O)c3C2=O)C(=O)c2c(O)cc(C)cc21. The average molecular weight is 406 g/mol. The predicted molar refractivity (Wildman–Crippen MR) is 110 cm³/mol. The first-order valence-corrected chi connectivity index (χ1v) is 9.52. The molecule has 154 valence electrons. The van der Waals surface area contributed by atoms with Crippen LogP contribution in [0.15, 0.2) is 47.6 Å². The van der Waals surface area contributed by atoms with Crippen LogP contribution in [0.1, 0.15) is 55.2 Å². The van der Waals surface area contributed by atoms with E-state index in [0.29, 0.717) is 11.1 Å². The maximum atomic E-state index is 13.3. The molecule has 2 atom stereocenters. The number of carbonyl (C=O) groups is 2. The van der Waals surface area contributed by atoms with Gasteiger partial charge in [0.2, 0.25) is 0 Å². The molecule has 0 saturated heterocycles. The molecule has 0 amide bonds. The van der Waals surface area contributed by atoms with Gasteiger partial charge >= 0.3 is 0 Å². The van der Waals surface area contributed by atoms with Gasteiger partial charge in [-0.3, -0.25) is 9.59 Å². The number of ether oxygens (including phenoxy) is 2. The van der Waals surface area contributed by atoms with Crippen molar-refractivity contribution in [3.05, 3.63) is 80.9 Å². The number of phenolic OH excluding ortho intramolecular Hbond substituents is 2. The second-order valence-electron chi connectivity index (χ2n) is 7.63. The molecule has 2 aliphatic carbocycles. The van der Waals surface area contributed by atoms with Crippen LogP contribution < -0.4 is 0 Å². The molecule has 0 saturated carbocycles. The molecule has 2 aromatic rings. The summed E-state index contributed by atoms with van der Waals surface area (Å²) in [4.78, 5) is 26.6. The fourth-order valence-corrected chi connectivity index (χ4v) is 4.25. The van der Waals surface area contributed by atoms with E-state index in [2.05, 4.69) is 0 Å². The topological polar surface area (TPSA) is 93.1 Å². The number of methoxy groups -OCH3 is 2. The van der Waals surface area contributed by atoms with E-state index in [0.717, 1.165) is 11.1 Å². The number of aryl methyl sites for hydroxylation is 2. The highest BCUT2D eigenvalue weighted by Crippen LogP contribution is 2.43. The van der Waals surface area contributed by atoms with Crippen molar-refractivity contribution in [3.8, 4) is 11.5 Å². The Labute approximate surface area is 174 Å². The molecule has 6 heteroatoms. The number of Topliss-reactive ketones (excluding diaryl/α,β-unsaturated/α-hetero) is 2. The minimum Gasteiger partial charge on any atom is -0.507 e. The monoisotopic (exact) mass is 406 g/mol. The van der Waals surface area contributed by atoms with E-state index in [4.69, 9.17) is 9.47 Å². The van der Waals surface area contributed by atoms with Crippen LogP contribution in [0.5, 0.6) is 11.5 Å². The number of ketones is 2. The summed E-state index contributed by atoms with van der Waals surface area (Å²) in [7, 11) is 2.99. The highest BCUT2D eigenvalue weighted by atomic mass is 16.5. The minimum absolute atomic E-state index is 0.117. The second-order valence-corrected chi connectivity index (χ2v) is 7.63. The quantitative estimate of drug-likeness (QED) is 0.799. The lowest BCUT2D eigenvalue weighted by atomic mass is 9.78. The summed E-state index contributed by atoms with van der Waals surface area (Å²) < 4.78 is 11.1. The molecule has 0 spiro atoms. The lowest BCUT2D eigenvalue weighted by Crippen LogP contribution is -2.25. The molecule has 0 heterocycles. The van der Waals surface area contributed by atoms with Gasteiger partial charge in [0.15, 0.2) is 11.6 Å². The van der Waals surface area contributed by atoms with Crippen molar-refractivity contribution < 1.29 is 29.3 Å². The average Bonchev–Trinajstić information content (AvgIpc) is 2.68. The third kappa shape index (κ3) is 2.96. The molecule has 2 N–H and O–H groups in total. The molecule has 0 aromatic heterocycles. The predicted octanol–water partition coefficient (Wildman–Crippen LogP) is 4.04. The highest BCUT2D eigenvalue weighted by molar-refractivity contribution is 6.26. The second kappa shape index (κ2) is 7.23. The number of carbonyl (C=O) groups excluding carboxylic acids is 2. The molecular formula is C24H22O6. The van der Waals surface area contributed by atoms with E-state index in [1.807, 2.05) is 13.8 Å². The number of aromatic hydroxyl groups is 2. The lowest BCUT2D eigenvalue weighted by molar-refractivity contribution is 0.0951. The summed E-state index contributed by atoms with van der Waals surface area (Å²) in [5, 5.41) is 20.9. The highest BCUT2D eigenvalue weighted by Gasteiger charge is 2.38. The molecule has 0 fully saturated rings. The summed E-state index contributed by atoms with van der Waals surface area (Å²) in [6, 6.07) is 6.58. The fraction of sp³-hybridized carbons (Fsp3) is 0.250. The Hall–Kier alpha value is -3.22. The zero-order valence-electron chi connectivity index (χ0n) is 17.1. The van der Waals surface area contributed by atoms with E-state index < -0.39 is 23.8 Å². The minimum atomic E-state index is -0.610. The Kier molecular flexibility index (Phi) is 4.84. The van der Waals surface area contributed by atoms with E-state index in [1.165, 1.54) is 26.4 Å². The van der Waals surface area contributed by atoms with Gasteiger partial charge in [0.25, 0.3) is 0 Å². The van der Waals surface area contributed by atoms with Gasteiger partial charge in [0.05, 0.1) is 11.1 Å². The van der Waals surface area contributed by atoms with Gasteiger partial charge in [0, 0.05) is 25.4 Å². The van der Waals surface area contributed by atoms with Gasteiger partial charge in [-0.25, -0.2) is 0 Å². The van der Waals surface area contributed by atoms with Crippen LogP contribution in [0.3, 0.4) is 0 Å². The van der Waals surface area contributed by atoms with Crippen molar-refractivity contribution >= 4 is 11.6 Å². The Morgan fingerprint density at radius 2 is 1.07 bits per heavy atom. The molecule has 0 radical (unpaired) electrons. The number of hydrogen-bond donors (Lipinski definition) is 2. The van der Waals surface area contributed by atoms with Crippen molar-refractivity contribution in [2.24, 2.45) is 0 Å². The molecule has 6 nitrogen and oxygen atoms in total. The zero-order valence-corrected chi connectivity index (χ0v) is 17.1. The van der Waals surface area contributed by atoms with Crippen LogP contribution in [-0.4, -0.2) is 36.0 Å². The molecule has 0 aliphatic heterocycles. The van der Waals surface area contributed by atoms with Crippen molar-refractivity contribution in [2.75, 3.05) is 14.2 Å². The first-order chi connectivity index (χ1) is 14.3. The smallest absolute Gasteiger partial charge is 0.197 e. The first-order valence-electron chi connectivity index (χ1n) is 9.52. The molecule has 0 unspecified atom stereocenters. The number of benzene rings is 2. The Balaban J connectivity index is 1.90. The Morgan fingerprint density at radius 1 is 0.700 bits per heavy atom. The van der Waals surface area contributed by atoms with Crippen LogP contribution in [0, 0.1) is 13.8 Å². The summed E-state index contributed by atoms with van der Waals surface area (Å²) >= 11 is 0. The zero-order chi connectivity index (χ0) is 21.7. The molecular weight excluding hydrogens is 384 g/mol. The Morgan fingerprint density at radius 3 is 1.40 bits per heavy atom. The van der Waals surface area contributed by atoms with E-state index >= 15 is 0 Å². The van der Waals surface area contributed by atoms with Gasteiger partial charge < -0.3 is 19.7 Å². The third-order valence-corrected chi connectivity index (χ3v) is 5.58. The fourth-order valence-electron chi connectivity index (χ4n) is 4.25. The van der Waals surface area contributed by atoms with Gasteiger partial charge in [-0.1, -0.05) is 12.1 Å². The molecule has 2 aromatic carbocycles. The first kappa shape index (κ1) is 20.1. The van der Waals surface area contributed by atoms with Crippen LogP contribution in [0.2, 0.25) is 0 Å². The summed E-state index contributed by atoms with van der Waals surface area (Å²) in [6.07, 6.45) is 1.94. The van der Waals surface area contributed by atoms with Crippen molar-refractivity contribution in [1.29, 1.82) is 0 Å². The van der Waals surface area contributed by atoms with Crippen molar-refractivity contribution in [2.45, 2.75) is 26.1 Å². The van der Waals surface area contributed by atoms with Crippen LogP contribution >= 0.6 is 0 Å². The number of rotatable bonds is 3. The van der Waals surface area contributed by atoms with Crippen molar-refractivity contribution in [3.63, 3.8) is 0 Å². The molecule has 0 bridgehead atoms. The normalized spacial score (nSPS) is 20.4. The van der Waals surface area contributed by atoms with E-state index in [9.17, 15) is 19.8 Å². The lowest BCUT2D eigenvalue weighted by Gasteiger charge is -2.28. The maximum Gasteiger partial charge on any atom is 0.197 e. The molecule has 30 heavy (non-hydrogen) atoms. The number of allylic oxidation sites excluding steroid dienone is 2. The van der Waals surface area contributed by atoms with Crippen LogP contribution in [0.25, 0.3) is 0 Å². The summed E-state index contributed by atoms with van der Waals surface area (Å²) in [5.41, 5.74) is 3.15. The van der Waals surface area contributed by atoms with Gasteiger partial charge in [-0.2, -0.15) is 0 Å².